The second-order valence-corrected chi connectivity index (χ2v) is 2.90. The number of nitrogens with zero attached hydrogens (tertiary/aromatic N) is 2. The van der Waals surface area contributed by atoms with Gasteiger partial charge in [0.2, 0.25) is 0 Å². The van der Waals surface area contributed by atoms with Crippen LogP contribution in [0.25, 0.3) is 0 Å². The van der Waals surface area contributed by atoms with E-state index in [2.05, 4.69) is 20.7 Å². The van der Waals surface area contributed by atoms with Crippen molar-refractivity contribution in [2.24, 2.45) is 0 Å². The molecule has 0 aliphatic carbocycles. The highest BCUT2D eigenvalue weighted by molar-refractivity contribution is 5.16. The van der Waals surface area contributed by atoms with Crippen molar-refractivity contribution in [2.75, 3.05) is 6.54 Å². The van der Waals surface area contributed by atoms with Crippen molar-refractivity contribution < 1.29 is 4.42 Å². The Balaban J connectivity index is 2.25. The molecule has 74 valence electrons. The molecule has 0 radical (unpaired) electrons. The van der Waals surface area contributed by atoms with E-state index in [4.69, 9.17) is 4.42 Å². The molecule has 2 N–H and O–H groups in total. The maximum atomic E-state index is 5.33. The van der Waals surface area contributed by atoms with Gasteiger partial charge in [-0.3, -0.25) is 0 Å². The van der Waals surface area contributed by atoms with Crippen LogP contribution in [-0.2, 0) is 0 Å². The van der Waals surface area contributed by atoms with Gasteiger partial charge in [0.15, 0.2) is 0 Å². The fraction of sp³-hybridized carbons (Fsp3) is 0.333. The molecule has 0 saturated heterocycles. The zero-order valence-electron chi connectivity index (χ0n) is 7.90. The van der Waals surface area contributed by atoms with E-state index in [0.717, 1.165) is 18.0 Å². The van der Waals surface area contributed by atoms with Gasteiger partial charge in [-0.05, 0) is 18.7 Å². The molecular weight excluding hydrogens is 180 g/mol. The van der Waals surface area contributed by atoms with Gasteiger partial charge in [0, 0.05) is 0 Å². The average molecular weight is 192 g/mol. The van der Waals surface area contributed by atoms with E-state index in [0.29, 0.717) is 0 Å². The van der Waals surface area contributed by atoms with Crippen LogP contribution in [0.15, 0.2) is 29.0 Å². The molecule has 0 aromatic carbocycles. The van der Waals surface area contributed by atoms with Gasteiger partial charge in [0.1, 0.15) is 17.5 Å². The lowest BCUT2D eigenvalue weighted by molar-refractivity contribution is 0.447. The second kappa shape index (κ2) is 4.06. The number of rotatable bonds is 4. The first kappa shape index (κ1) is 8.96. The molecule has 2 aromatic heterocycles. The summed E-state index contributed by atoms with van der Waals surface area (Å²) in [6, 6.07) is 3.76. The van der Waals surface area contributed by atoms with E-state index in [1.807, 2.05) is 19.1 Å². The van der Waals surface area contributed by atoms with Gasteiger partial charge in [0.05, 0.1) is 12.5 Å². The molecule has 2 rings (SSSR count). The summed E-state index contributed by atoms with van der Waals surface area (Å²) in [5.41, 5.74) is 0.835. The fourth-order valence-electron chi connectivity index (χ4n) is 1.36. The minimum absolute atomic E-state index is 0.0197. The summed E-state index contributed by atoms with van der Waals surface area (Å²) >= 11 is 0. The molecule has 0 aliphatic heterocycles. The van der Waals surface area contributed by atoms with E-state index in [9.17, 15) is 0 Å². The maximum absolute atomic E-state index is 5.33. The molecule has 5 nitrogen and oxygen atoms in total. The van der Waals surface area contributed by atoms with Crippen molar-refractivity contribution in [3.63, 3.8) is 0 Å². The number of nitrogens with one attached hydrogen (secondary N) is 2. The van der Waals surface area contributed by atoms with Crippen LogP contribution in [0.1, 0.15) is 24.4 Å². The molecule has 1 atom stereocenters. The third kappa shape index (κ3) is 1.67. The Labute approximate surface area is 81.5 Å². The van der Waals surface area contributed by atoms with Crippen LogP contribution in [0.5, 0.6) is 0 Å². The quantitative estimate of drug-likeness (QED) is 0.761. The molecule has 0 spiro atoms. The number of hydrogen-bond donors (Lipinski definition) is 2. The highest BCUT2D eigenvalue weighted by atomic mass is 16.3. The molecule has 2 aromatic rings. The number of furan rings is 1. The van der Waals surface area contributed by atoms with Gasteiger partial charge < -0.3 is 9.73 Å². The first-order valence-corrected chi connectivity index (χ1v) is 4.54. The summed E-state index contributed by atoms with van der Waals surface area (Å²) in [4.78, 5) is 0. The standard InChI is InChI=1S/C9H12N4O/c1-2-10-9(7-6-11-13-12-7)8-4-3-5-14-8/h3-6,9-10H,2H2,1H3,(H,11,12,13). The summed E-state index contributed by atoms with van der Waals surface area (Å²) in [5, 5.41) is 13.7. The normalized spacial score (nSPS) is 12.9. The van der Waals surface area contributed by atoms with E-state index in [-0.39, 0.29) is 6.04 Å². The zero-order chi connectivity index (χ0) is 9.80. The Morgan fingerprint density at radius 1 is 1.64 bits per heavy atom. The summed E-state index contributed by atoms with van der Waals surface area (Å²) < 4.78 is 5.33. The fourth-order valence-corrected chi connectivity index (χ4v) is 1.36. The smallest absolute Gasteiger partial charge is 0.126 e. The molecule has 2 heterocycles. The Morgan fingerprint density at radius 3 is 3.14 bits per heavy atom. The van der Waals surface area contributed by atoms with Crippen molar-refractivity contribution in [3.05, 3.63) is 36.0 Å². The van der Waals surface area contributed by atoms with Crippen molar-refractivity contribution in [2.45, 2.75) is 13.0 Å². The van der Waals surface area contributed by atoms with Crippen LogP contribution in [0, 0.1) is 0 Å². The van der Waals surface area contributed by atoms with Gasteiger partial charge in [-0.1, -0.05) is 6.92 Å². The predicted octanol–water partition coefficient (Wildman–Crippen LogP) is 1.10. The Bertz CT molecular complexity index is 320. The van der Waals surface area contributed by atoms with Crippen LogP contribution >= 0.6 is 0 Å². The molecule has 0 bridgehead atoms. The van der Waals surface area contributed by atoms with Crippen LogP contribution in [0.2, 0.25) is 0 Å². The molecule has 1 unspecified atom stereocenters. The summed E-state index contributed by atoms with van der Waals surface area (Å²) in [5.74, 6) is 0.848. The van der Waals surface area contributed by atoms with Crippen LogP contribution in [-0.4, -0.2) is 22.0 Å². The highest BCUT2D eigenvalue weighted by Crippen LogP contribution is 2.19. The molecule has 0 aliphatic rings. The Kier molecular flexibility index (Phi) is 2.60. The van der Waals surface area contributed by atoms with Crippen molar-refractivity contribution in [3.8, 4) is 0 Å². The Morgan fingerprint density at radius 2 is 2.57 bits per heavy atom. The lowest BCUT2D eigenvalue weighted by Crippen LogP contribution is -2.21. The third-order valence-electron chi connectivity index (χ3n) is 1.97. The average Bonchev–Trinajstić information content (AvgIpc) is 2.87. The third-order valence-corrected chi connectivity index (χ3v) is 1.97. The first-order chi connectivity index (χ1) is 6.92. The van der Waals surface area contributed by atoms with Crippen LogP contribution in [0.4, 0.5) is 0 Å². The van der Waals surface area contributed by atoms with Gasteiger partial charge in [-0.25, -0.2) is 0 Å². The SMILES string of the molecule is CCNC(c1cn[nH]n1)c1ccco1. The van der Waals surface area contributed by atoms with Gasteiger partial charge in [0.25, 0.3) is 0 Å². The first-order valence-electron chi connectivity index (χ1n) is 4.54. The van der Waals surface area contributed by atoms with Crippen molar-refractivity contribution in [1.29, 1.82) is 0 Å². The highest BCUT2D eigenvalue weighted by Gasteiger charge is 2.17. The summed E-state index contributed by atoms with van der Waals surface area (Å²) in [6.07, 6.45) is 3.34. The molecule has 14 heavy (non-hydrogen) atoms. The van der Waals surface area contributed by atoms with Crippen molar-refractivity contribution >= 4 is 0 Å². The topological polar surface area (TPSA) is 66.7 Å². The van der Waals surface area contributed by atoms with Crippen LogP contribution < -0.4 is 5.32 Å². The number of aromatic amines is 1. The largest absolute Gasteiger partial charge is 0.467 e. The Hall–Kier alpha value is -1.62. The minimum atomic E-state index is -0.0197. The predicted molar refractivity (Wildman–Crippen MR) is 50.6 cm³/mol. The van der Waals surface area contributed by atoms with E-state index >= 15 is 0 Å². The van der Waals surface area contributed by atoms with Gasteiger partial charge in [-0.2, -0.15) is 15.4 Å². The number of H-pyrrole nitrogens is 1. The molecular formula is C9H12N4O. The van der Waals surface area contributed by atoms with Crippen LogP contribution in [0.3, 0.4) is 0 Å². The summed E-state index contributed by atoms with van der Waals surface area (Å²) in [7, 11) is 0. The van der Waals surface area contributed by atoms with E-state index < -0.39 is 0 Å². The lowest BCUT2D eigenvalue weighted by atomic mass is 10.1. The number of aromatic nitrogens is 3. The zero-order valence-corrected chi connectivity index (χ0v) is 7.90. The van der Waals surface area contributed by atoms with Gasteiger partial charge in [-0.15, -0.1) is 0 Å². The maximum Gasteiger partial charge on any atom is 0.126 e. The monoisotopic (exact) mass is 192 g/mol. The minimum Gasteiger partial charge on any atom is -0.467 e. The van der Waals surface area contributed by atoms with E-state index in [1.165, 1.54) is 0 Å². The van der Waals surface area contributed by atoms with Crippen molar-refractivity contribution in [1.82, 2.24) is 20.7 Å². The molecule has 0 amide bonds. The van der Waals surface area contributed by atoms with E-state index in [1.54, 1.807) is 12.5 Å². The summed E-state index contributed by atoms with van der Waals surface area (Å²) in [6.45, 7) is 2.88. The number of hydrogen-bond acceptors (Lipinski definition) is 4. The molecule has 0 saturated carbocycles. The molecule has 0 fully saturated rings. The lowest BCUT2D eigenvalue weighted by Gasteiger charge is -2.11. The van der Waals surface area contributed by atoms with Gasteiger partial charge >= 0.3 is 0 Å². The second-order valence-electron chi connectivity index (χ2n) is 2.90. The molecule has 5 heteroatoms.